The molecule has 112 valence electrons. The van der Waals surface area contributed by atoms with Crippen molar-refractivity contribution in [1.29, 1.82) is 0 Å². The molecule has 0 amide bonds. The van der Waals surface area contributed by atoms with Crippen LogP contribution in [0.2, 0.25) is 0 Å². The van der Waals surface area contributed by atoms with Gasteiger partial charge in [-0.2, -0.15) is 0 Å². The molecule has 3 N–H and O–H groups in total. The molecule has 21 heavy (non-hydrogen) atoms. The molecular weight excluding hydrogens is 258 g/mol. The predicted octanol–water partition coefficient (Wildman–Crippen LogP) is 4.10. The van der Waals surface area contributed by atoms with Gasteiger partial charge in [0.25, 0.3) is 0 Å². The number of nitrogens with two attached hydrogens (primary N) is 1. The molecule has 3 heteroatoms. The van der Waals surface area contributed by atoms with Crippen molar-refractivity contribution in [3.8, 4) is 0 Å². The molecule has 3 nitrogen and oxygen atoms in total. The molecule has 0 saturated heterocycles. The maximum Gasteiger partial charge on any atom is 0.0705 e. The average Bonchev–Trinajstić information content (AvgIpc) is 2.50. The molecule has 1 aliphatic carbocycles. The number of hydrogen-bond donors (Lipinski definition) is 2. The number of pyridine rings is 1. The molecule has 1 unspecified atom stereocenters. The summed E-state index contributed by atoms with van der Waals surface area (Å²) in [6, 6.07) is 10.8. The second-order valence-electron chi connectivity index (χ2n) is 6.17. The van der Waals surface area contributed by atoms with Crippen LogP contribution in [0.15, 0.2) is 36.5 Å². The van der Waals surface area contributed by atoms with Gasteiger partial charge in [0.2, 0.25) is 0 Å². The summed E-state index contributed by atoms with van der Waals surface area (Å²) in [6.07, 6.45) is 11.2. The highest BCUT2D eigenvalue weighted by Gasteiger charge is 2.24. The van der Waals surface area contributed by atoms with Crippen LogP contribution < -0.4 is 11.3 Å². The molecule has 1 aromatic heterocycles. The van der Waals surface area contributed by atoms with Gasteiger partial charge < -0.3 is 0 Å². The van der Waals surface area contributed by atoms with E-state index in [9.17, 15) is 0 Å². The van der Waals surface area contributed by atoms with Crippen LogP contribution in [0.1, 0.15) is 56.6 Å². The Bertz CT molecular complexity index is 568. The van der Waals surface area contributed by atoms with E-state index >= 15 is 0 Å². The Labute approximate surface area is 126 Å². The highest BCUT2D eigenvalue weighted by atomic mass is 15.2. The van der Waals surface area contributed by atoms with Crippen LogP contribution in [0.3, 0.4) is 0 Å². The molecule has 1 saturated carbocycles. The van der Waals surface area contributed by atoms with Crippen molar-refractivity contribution >= 4 is 10.9 Å². The monoisotopic (exact) mass is 283 g/mol. The van der Waals surface area contributed by atoms with Crippen LogP contribution in [0, 0.1) is 5.92 Å². The standard InChI is InChI=1S/C18H25N3/c19-21-18(14-8-4-2-1-3-5-9-14)16-10-6-12-17-15(16)11-7-13-20-17/h6-7,10-14,18,21H,1-5,8-9,19H2. The minimum Gasteiger partial charge on any atom is -0.271 e. The van der Waals surface area contributed by atoms with Crippen molar-refractivity contribution in [2.24, 2.45) is 11.8 Å². The number of hydrazine groups is 1. The number of fused-ring (bicyclic) bond motifs is 1. The second kappa shape index (κ2) is 7.01. The Morgan fingerprint density at radius 2 is 1.76 bits per heavy atom. The fourth-order valence-electron chi connectivity index (χ4n) is 3.70. The van der Waals surface area contributed by atoms with E-state index in [0.29, 0.717) is 5.92 Å². The molecule has 2 aromatic rings. The summed E-state index contributed by atoms with van der Waals surface area (Å²) < 4.78 is 0. The van der Waals surface area contributed by atoms with E-state index in [1.54, 1.807) is 0 Å². The molecular formula is C18H25N3. The van der Waals surface area contributed by atoms with Gasteiger partial charge in [0, 0.05) is 17.6 Å². The molecule has 0 spiro atoms. The first kappa shape index (κ1) is 14.5. The summed E-state index contributed by atoms with van der Waals surface area (Å²) in [5, 5.41) is 1.23. The van der Waals surface area contributed by atoms with Gasteiger partial charge in [-0.05, 0) is 36.5 Å². The number of rotatable bonds is 3. The summed E-state index contributed by atoms with van der Waals surface area (Å²) in [7, 11) is 0. The van der Waals surface area contributed by atoms with Crippen LogP contribution in [-0.4, -0.2) is 4.98 Å². The zero-order chi connectivity index (χ0) is 14.5. The van der Waals surface area contributed by atoms with E-state index in [4.69, 9.17) is 5.84 Å². The van der Waals surface area contributed by atoms with E-state index in [-0.39, 0.29) is 6.04 Å². The predicted molar refractivity (Wildman–Crippen MR) is 87.6 cm³/mol. The van der Waals surface area contributed by atoms with Crippen molar-refractivity contribution in [2.45, 2.75) is 51.0 Å². The molecule has 1 heterocycles. The third-order valence-electron chi connectivity index (χ3n) is 4.82. The van der Waals surface area contributed by atoms with Crippen LogP contribution in [-0.2, 0) is 0 Å². The molecule has 0 bridgehead atoms. The Hall–Kier alpha value is -1.45. The Kier molecular flexibility index (Phi) is 4.84. The first-order valence-corrected chi connectivity index (χ1v) is 8.20. The van der Waals surface area contributed by atoms with Crippen molar-refractivity contribution in [3.05, 3.63) is 42.1 Å². The van der Waals surface area contributed by atoms with Crippen LogP contribution in [0.4, 0.5) is 0 Å². The van der Waals surface area contributed by atoms with Crippen molar-refractivity contribution < 1.29 is 0 Å². The molecule has 0 aliphatic heterocycles. The van der Waals surface area contributed by atoms with Crippen LogP contribution in [0.5, 0.6) is 0 Å². The van der Waals surface area contributed by atoms with Crippen molar-refractivity contribution in [1.82, 2.24) is 10.4 Å². The first-order valence-electron chi connectivity index (χ1n) is 8.20. The fraction of sp³-hybridized carbons (Fsp3) is 0.500. The highest BCUT2D eigenvalue weighted by Crippen LogP contribution is 2.35. The number of aromatic nitrogens is 1. The van der Waals surface area contributed by atoms with Gasteiger partial charge in [0.15, 0.2) is 0 Å². The van der Waals surface area contributed by atoms with Crippen LogP contribution >= 0.6 is 0 Å². The fourth-order valence-corrected chi connectivity index (χ4v) is 3.70. The van der Waals surface area contributed by atoms with Gasteiger partial charge in [-0.1, -0.05) is 50.3 Å². The van der Waals surface area contributed by atoms with Crippen molar-refractivity contribution in [3.63, 3.8) is 0 Å². The van der Waals surface area contributed by atoms with Gasteiger partial charge in [0.1, 0.15) is 0 Å². The summed E-state index contributed by atoms with van der Waals surface area (Å²) >= 11 is 0. The number of hydrogen-bond acceptors (Lipinski definition) is 3. The van der Waals surface area contributed by atoms with Gasteiger partial charge in [-0.25, -0.2) is 0 Å². The lowest BCUT2D eigenvalue weighted by atomic mass is 9.82. The zero-order valence-corrected chi connectivity index (χ0v) is 12.6. The Morgan fingerprint density at radius 1 is 1.00 bits per heavy atom. The lowest BCUT2D eigenvalue weighted by Crippen LogP contribution is -2.34. The average molecular weight is 283 g/mol. The number of benzene rings is 1. The summed E-state index contributed by atoms with van der Waals surface area (Å²) in [5.74, 6) is 6.57. The summed E-state index contributed by atoms with van der Waals surface area (Å²) in [5.41, 5.74) is 5.46. The first-order chi connectivity index (χ1) is 10.4. The molecule has 1 atom stereocenters. The van der Waals surface area contributed by atoms with Crippen molar-refractivity contribution in [2.75, 3.05) is 0 Å². The highest BCUT2D eigenvalue weighted by molar-refractivity contribution is 5.82. The minimum absolute atomic E-state index is 0.232. The smallest absolute Gasteiger partial charge is 0.0705 e. The third kappa shape index (κ3) is 3.25. The molecule has 1 aliphatic rings. The summed E-state index contributed by atoms with van der Waals surface area (Å²) in [6.45, 7) is 0. The lowest BCUT2D eigenvalue weighted by molar-refractivity contribution is 0.292. The molecule has 1 aromatic carbocycles. The maximum absolute atomic E-state index is 5.95. The SMILES string of the molecule is NNC(c1cccc2ncccc12)C1CCCCCCC1. The molecule has 0 radical (unpaired) electrons. The van der Waals surface area contributed by atoms with Gasteiger partial charge in [-0.3, -0.25) is 16.3 Å². The quantitative estimate of drug-likeness (QED) is 0.658. The molecule has 1 fully saturated rings. The van der Waals surface area contributed by atoms with E-state index in [2.05, 4.69) is 34.7 Å². The number of nitrogens with zero attached hydrogens (tertiary/aromatic N) is 1. The normalized spacial score (nSPS) is 19.1. The van der Waals surface area contributed by atoms with Gasteiger partial charge in [-0.15, -0.1) is 0 Å². The second-order valence-corrected chi connectivity index (χ2v) is 6.17. The lowest BCUT2D eigenvalue weighted by Gasteiger charge is -2.29. The topological polar surface area (TPSA) is 50.9 Å². The molecule has 3 rings (SSSR count). The number of nitrogens with one attached hydrogen (secondary N) is 1. The van der Waals surface area contributed by atoms with E-state index in [1.165, 1.54) is 55.9 Å². The van der Waals surface area contributed by atoms with Gasteiger partial charge >= 0.3 is 0 Å². The zero-order valence-electron chi connectivity index (χ0n) is 12.6. The Morgan fingerprint density at radius 3 is 2.52 bits per heavy atom. The van der Waals surface area contributed by atoms with E-state index in [1.807, 2.05) is 12.3 Å². The minimum atomic E-state index is 0.232. The largest absolute Gasteiger partial charge is 0.271 e. The Balaban J connectivity index is 1.93. The summed E-state index contributed by atoms with van der Waals surface area (Å²) in [4.78, 5) is 4.47. The van der Waals surface area contributed by atoms with E-state index < -0.39 is 0 Å². The van der Waals surface area contributed by atoms with E-state index in [0.717, 1.165) is 5.52 Å². The van der Waals surface area contributed by atoms with Crippen LogP contribution in [0.25, 0.3) is 10.9 Å². The maximum atomic E-state index is 5.95. The van der Waals surface area contributed by atoms with Gasteiger partial charge in [0.05, 0.1) is 5.52 Å². The third-order valence-corrected chi connectivity index (χ3v) is 4.82.